The molecular weight excluding hydrogens is 337 g/mol. The maximum atomic E-state index is 13.5. The van der Waals surface area contributed by atoms with Crippen LogP contribution in [0.3, 0.4) is 0 Å². The van der Waals surface area contributed by atoms with Crippen molar-refractivity contribution in [3.8, 4) is 5.75 Å². The maximum Gasteiger partial charge on any atom is 0.137 e. The number of rotatable bonds is 6. The molecule has 0 aliphatic carbocycles. The summed E-state index contributed by atoms with van der Waals surface area (Å²) in [6, 6.07) is 5.95. The van der Waals surface area contributed by atoms with Crippen molar-refractivity contribution in [2.45, 2.75) is 19.4 Å². The van der Waals surface area contributed by atoms with Crippen LogP contribution in [0.2, 0.25) is 0 Å². The minimum absolute atomic E-state index is 0.320. The first kappa shape index (κ1) is 15.9. The summed E-state index contributed by atoms with van der Waals surface area (Å²) in [4.78, 5) is 4.15. The fourth-order valence-corrected chi connectivity index (χ4v) is 2.47. The average molecular weight is 354 g/mol. The molecule has 4 nitrogen and oxygen atoms in total. The Balaban J connectivity index is 2.34. The van der Waals surface area contributed by atoms with E-state index in [1.807, 2.05) is 13.0 Å². The van der Waals surface area contributed by atoms with Gasteiger partial charge in [-0.15, -0.1) is 0 Å². The van der Waals surface area contributed by atoms with E-state index in [4.69, 9.17) is 10.6 Å². The average Bonchev–Trinajstić information content (AvgIpc) is 2.50. The van der Waals surface area contributed by atoms with Crippen LogP contribution in [0.5, 0.6) is 5.75 Å². The van der Waals surface area contributed by atoms with Crippen molar-refractivity contribution in [2.24, 2.45) is 5.84 Å². The van der Waals surface area contributed by atoms with Crippen molar-refractivity contribution < 1.29 is 9.13 Å². The van der Waals surface area contributed by atoms with E-state index in [1.54, 1.807) is 18.5 Å². The number of aromatic nitrogens is 1. The van der Waals surface area contributed by atoms with Gasteiger partial charge in [-0.3, -0.25) is 10.8 Å². The Labute approximate surface area is 131 Å². The Morgan fingerprint density at radius 1 is 1.38 bits per heavy atom. The van der Waals surface area contributed by atoms with E-state index in [0.29, 0.717) is 17.9 Å². The highest BCUT2D eigenvalue weighted by molar-refractivity contribution is 9.10. The second-order valence-corrected chi connectivity index (χ2v) is 5.42. The van der Waals surface area contributed by atoms with Gasteiger partial charge in [0.15, 0.2) is 0 Å². The topological polar surface area (TPSA) is 60.2 Å². The quantitative estimate of drug-likeness (QED) is 0.617. The van der Waals surface area contributed by atoms with Gasteiger partial charge in [-0.05, 0) is 41.8 Å². The van der Waals surface area contributed by atoms with Crippen molar-refractivity contribution in [3.05, 3.63) is 58.1 Å². The summed E-state index contributed by atoms with van der Waals surface area (Å²) in [6.45, 7) is 2.65. The van der Waals surface area contributed by atoms with Gasteiger partial charge >= 0.3 is 0 Å². The molecule has 1 atom stereocenters. The van der Waals surface area contributed by atoms with Gasteiger partial charge in [0.1, 0.15) is 11.6 Å². The molecule has 1 unspecified atom stereocenters. The van der Waals surface area contributed by atoms with Crippen LogP contribution < -0.4 is 16.0 Å². The molecule has 0 amide bonds. The number of halogens is 2. The molecule has 2 aromatic rings. The molecule has 21 heavy (non-hydrogen) atoms. The zero-order valence-corrected chi connectivity index (χ0v) is 13.2. The summed E-state index contributed by atoms with van der Waals surface area (Å²) in [6.07, 6.45) is 4.24. The van der Waals surface area contributed by atoms with Crippen LogP contribution in [0, 0.1) is 5.82 Å². The van der Waals surface area contributed by atoms with Crippen LogP contribution in [0.15, 0.2) is 41.1 Å². The van der Waals surface area contributed by atoms with Crippen LogP contribution in [-0.4, -0.2) is 11.6 Å². The number of nitrogens with one attached hydrogen (secondary N) is 1. The van der Waals surface area contributed by atoms with Gasteiger partial charge in [0.2, 0.25) is 0 Å². The summed E-state index contributed by atoms with van der Waals surface area (Å²) < 4.78 is 19.8. The van der Waals surface area contributed by atoms with Crippen molar-refractivity contribution in [2.75, 3.05) is 6.61 Å². The van der Waals surface area contributed by atoms with Crippen molar-refractivity contribution in [3.63, 3.8) is 0 Å². The molecule has 1 heterocycles. The molecule has 0 radical (unpaired) electrons. The lowest BCUT2D eigenvalue weighted by atomic mass is 10.0. The third kappa shape index (κ3) is 4.00. The normalized spacial score (nSPS) is 12.2. The standard InChI is InChI=1S/C15H17BrFN3O/c1-2-5-21-12-6-10(8-19-9-12)15(20-18)13-7-11(17)3-4-14(13)16/h3-4,6-9,15,20H,2,5,18H2,1H3. The first-order valence-corrected chi connectivity index (χ1v) is 7.43. The van der Waals surface area contributed by atoms with Crippen LogP contribution >= 0.6 is 15.9 Å². The highest BCUT2D eigenvalue weighted by Gasteiger charge is 2.17. The van der Waals surface area contributed by atoms with E-state index in [0.717, 1.165) is 16.5 Å². The fraction of sp³-hybridized carbons (Fsp3) is 0.267. The van der Waals surface area contributed by atoms with E-state index in [1.165, 1.54) is 12.1 Å². The molecule has 3 N–H and O–H groups in total. The van der Waals surface area contributed by atoms with Gasteiger partial charge < -0.3 is 4.74 Å². The molecule has 1 aromatic heterocycles. The Kier molecular flexibility index (Phi) is 5.67. The maximum absolute atomic E-state index is 13.5. The molecular formula is C15H17BrFN3O. The highest BCUT2D eigenvalue weighted by Crippen LogP contribution is 2.29. The van der Waals surface area contributed by atoms with E-state index in [9.17, 15) is 4.39 Å². The number of hydrazine groups is 1. The van der Waals surface area contributed by atoms with Gasteiger partial charge in [-0.25, -0.2) is 9.82 Å². The minimum atomic E-state index is -0.382. The SMILES string of the molecule is CCCOc1cncc(C(NN)c2cc(F)ccc2Br)c1. The zero-order valence-electron chi connectivity index (χ0n) is 11.6. The lowest BCUT2D eigenvalue weighted by Gasteiger charge is -2.19. The minimum Gasteiger partial charge on any atom is -0.492 e. The first-order chi connectivity index (χ1) is 10.2. The Morgan fingerprint density at radius 2 is 2.19 bits per heavy atom. The van der Waals surface area contributed by atoms with E-state index in [2.05, 4.69) is 26.3 Å². The van der Waals surface area contributed by atoms with Crippen LogP contribution in [0.1, 0.15) is 30.5 Å². The Bertz CT molecular complexity index is 609. The third-order valence-electron chi connectivity index (χ3n) is 2.98. The predicted molar refractivity (Wildman–Crippen MR) is 83.3 cm³/mol. The highest BCUT2D eigenvalue weighted by atomic mass is 79.9. The van der Waals surface area contributed by atoms with E-state index in [-0.39, 0.29) is 11.9 Å². The molecule has 0 fully saturated rings. The van der Waals surface area contributed by atoms with Crippen molar-refractivity contribution in [1.82, 2.24) is 10.4 Å². The second kappa shape index (κ2) is 7.49. The monoisotopic (exact) mass is 353 g/mol. The first-order valence-electron chi connectivity index (χ1n) is 6.64. The Hall–Kier alpha value is -1.50. The fourth-order valence-electron chi connectivity index (χ4n) is 1.99. The van der Waals surface area contributed by atoms with Gasteiger partial charge in [-0.1, -0.05) is 22.9 Å². The molecule has 0 bridgehead atoms. The lowest BCUT2D eigenvalue weighted by molar-refractivity contribution is 0.315. The van der Waals surface area contributed by atoms with E-state index < -0.39 is 0 Å². The molecule has 1 aromatic carbocycles. The van der Waals surface area contributed by atoms with Crippen LogP contribution in [0.4, 0.5) is 4.39 Å². The molecule has 2 rings (SSSR count). The smallest absolute Gasteiger partial charge is 0.137 e. The molecule has 0 spiro atoms. The van der Waals surface area contributed by atoms with Gasteiger partial charge in [0.05, 0.1) is 18.8 Å². The van der Waals surface area contributed by atoms with Crippen molar-refractivity contribution >= 4 is 15.9 Å². The summed E-state index contributed by atoms with van der Waals surface area (Å²) in [7, 11) is 0. The largest absolute Gasteiger partial charge is 0.492 e. The van der Waals surface area contributed by atoms with E-state index >= 15 is 0 Å². The number of hydrogen-bond acceptors (Lipinski definition) is 4. The molecule has 0 aliphatic rings. The molecule has 6 heteroatoms. The number of nitrogens with two attached hydrogens (primary N) is 1. The number of ether oxygens (including phenoxy) is 1. The molecule has 0 saturated heterocycles. The Morgan fingerprint density at radius 3 is 2.90 bits per heavy atom. The summed E-state index contributed by atoms with van der Waals surface area (Å²) in [5.41, 5.74) is 4.20. The summed E-state index contributed by atoms with van der Waals surface area (Å²) in [5, 5.41) is 0. The lowest BCUT2D eigenvalue weighted by Crippen LogP contribution is -2.29. The van der Waals surface area contributed by atoms with Gasteiger partial charge in [0, 0.05) is 10.7 Å². The molecule has 112 valence electrons. The number of benzene rings is 1. The third-order valence-corrected chi connectivity index (χ3v) is 3.70. The summed E-state index contributed by atoms with van der Waals surface area (Å²) >= 11 is 3.42. The number of nitrogens with zero attached hydrogens (tertiary/aromatic N) is 1. The van der Waals surface area contributed by atoms with Gasteiger partial charge in [0.25, 0.3) is 0 Å². The van der Waals surface area contributed by atoms with Gasteiger partial charge in [-0.2, -0.15) is 0 Å². The molecule has 0 aliphatic heterocycles. The number of pyridine rings is 1. The predicted octanol–water partition coefficient (Wildman–Crippen LogP) is 3.32. The summed E-state index contributed by atoms with van der Waals surface area (Å²) in [5.74, 6) is 5.99. The second-order valence-electron chi connectivity index (χ2n) is 4.57. The van der Waals surface area contributed by atoms with Crippen LogP contribution in [0.25, 0.3) is 0 Å². The molecule has 0 saturated carbocycles. The van der Waals surface area contributed by atoms with Crippen LogP contribution in [-0.2, 0) is 0 Å². The number of hydrogen-bond donors (Lipinski definition) is 2. The zero-order chi connectivity index (χ0) is 15.2. The van der Waals surface area contributed by atoms with Crippen molar-refractivity contribution in [1.29, 1.82) is 0 Å².